The van der Waals surface area contributed by atoms with Crippen molar-refractivity contribution in [3.63, 3.8) is 0 Å². The molecule has 1 heterocycles. The summed E-state index contributed by atoms with van der Waals surface area (Å²) in [5, 5.41) is 4.82. The predicted octanol–water partition coefficient (Wildman–Crippen LogP) is 3.41. The van der Waals surface area contributed by atoms with Crippen LogP contribution >= 0.6 is 34.2 Å². The Kier molecular flexibility index (Phi) is 4.07. The Hall–Kier alpha value is -0.880. The fourth-order valence-corrected chi connectivity index (χ4v) is 2.61. The molecular formula is C13H12ClIN2O. The minimum Gasteiger partial charge on any atom is -0.294 e. The van der Waals surface area contributed by atoms with Crippen LogP contribution in [-0.2, 0) is 13.5 Å². The van der Waals surface area contributed by atoms with Crippen LogP contribution in [0.15, 0.2) is 24.3 Å². The number of carbonyl (C=O) groups excluding carboxylic acids is 1. The summed E-state index contributed by atoms with van der Waals surface area (Å²) in [5.41, 5.74) is 2.50. The van der Waals surface area contributed by atoms with E-state index in [1.807, 2.05) is 26.1 Å². The van der Waals surface area contributed by atoms with Crippen LogP contribution in [0.3, 0.4) is 0 Å². The molecule has 3 nitrogen and oxygen atoms in total. The Balaban J connectivity index is 2.27. The van der Waals surface area contributed by atoms with Gasteiger partial charge in [0.25, 0.3) is 0 Å². The molecule has 18 heavy (non-hydrogen) atoms. The van der Waals surface area contributed by atoms with Gasteiger partial charge in [-0.1, -0.05) is 11.6 Å². The number of aryl methyl sites for hydroxylation is 2. The fourth-order valence-electron chi connectivity index (χ4n) is 1.80. The summed E-state index contributed by atoms with van der Waals surface area (Å²) in [6.07, 6.45) is 0.341. The number of aromatic nitrogens is 2. The van der Waals surface area contributed by atoms with E-state index in [0.717, 1.165) is 15.0 Å². The maximum Gasteiger partial charge on any atom is 0.169 e. The first-order valence-corrected chi connectivity index (χ1v) is 6.91. The summed E-state index contributed by atoms with van der Waals surface area (Å²) < 4.78 is 2.66. The molecule has 0 spiro atoms. The summed E-state index contributed by atoms with van der Waals surface area (Å²) in [6, 6.07) is 7.28. The van der Waals surface area contributed by atoms with Gasteiger partial charge in [0.15, 0.2) is 5.78 Å². The van der Waals surface area contributed by atoms with E-state index in [1.54, 1.807) is 16.8 Å². The Morgan fingerprint density at radius 3 is 2.78 bits per heavy atom. The highest BCUT2D eigenvalue weighted by molar-refractivity contribution is 14.1. The average Bonchev–Trinajstić information content (AvgIpc) is 2.61. The van der Waals surface area contributed by atoms with Gasteiger partial charge >= 0.3 is 0 Å². The van der Waals surface area contributed by atoms with Crippen molar-refractivity contribution < 1.29 is 4.79 Å². The van der Waals surface area contributed by atoms with Crippen molar-refractivity contribution in [3.05, 3.63) is 49.8 Å². The van der Waals surface area contributed by atoms with Crippen LogP contribution in [-0.4, -0.2) is 15.6 Å². The van der Waals surface area contributed by atoms with Crippen molar-refractivity contribution in [2.45, 2.75) is 13.3 Å². The minimum atomic E-state index is 0.0601. The third-order valence-corrected chi connectivity index (χ3v) is 3.85. The van der Waals surface area contributed by atoms with E-state index >= 15 is 0 Å². The van der Waals surface area contributed by atoms with Gasteiger partial charge in [0.2, 0.25) is 0 Å². The fraction of sp³-hybridized carbons (Fsp3) is 0.231. The van der Waals surface area contributed by atoms with E-state index in [9.17, 15) is 4.79 Å². The van der Waals surface area contributed by atoms with Crippen molar-refractivity contribution in [2.24, 2.45) is 7.05 Å². The summed E-state index contributed by atoms with van der Waals surface area (Å²) in [5.74, 6) is 0.0601. The molecule has 0 radical (unpaired) electrons. The number of hydrogen-bond acceptors (Lipinski definition) is 2. The lowest BCUT2D eigenvalue weighted by molar-refractivity contribution is 0.0990. The number of carbonyl (C=O) groups is 1. The molecule has 2 aromatic rings. The Labute approximate surface area is 124 Å². The molecule has 5 heteroatoms. The van der Waals surface area contributed by atoms with E-state index in [0.29, 0.717) is 17.0 Å². The first kappa shape index (κ1) is 13.5. The molecule has 1 aromatic heterocycles. The van der Waals surface area contributed by atoms with Gasteiger partial charge in [-0.25, -0.2) is 0 Å². The first-order chi connectivity index (χ1) is 8.47. The number of halogens is 2. The number of nitrogens with zero attached hydrogens (tertiary/aromatic N) is 2. The lowest BCUT2D eigenvalue weighted by Crippen LogP contribution is -2.09. The van der Waals surface area contributed by atoms with E-state index in [4.69, 9.17) is 11.6 Å². The summed E-state index contributed by atoms with van der Waals surface area (Å²) in [4.78, 5) is 12.2. The maximum absolute atomic E-state index is 12.2. The number of hydrogen-bond donors (Lipinski definition) is 0. The van der Waals surface area contributed by atoms with E-state index in [1.165, 1.54) is 0 Å². The van der Waals surface area contributed by atoms with Crippen LogP contribution in [0.2, 0.25) is 5.02 Å². The largest absolute Gasteiger partial charge is 0.294 e. The lowest BCUT2D eigenvalue weighted by Gasteiger charge is -2.05. The van der Waals surface area contributed by atoms with Crippen LogP contribution < -0.4 is 0 Å². The second kappa shape index (κ2) is 5.40. The van der Waals surface area contributed by atoms with Gasteiger partial charge in [0, 0.05) is 26.9 Å². The van der Waals surface area contributed by atoms with Gasteiger partial charge in [-0.3, -0.25) is 9.48 Å². The van der Waals surface area contributed by atoms with Crippen LogP contribution in [0.5, 0.6) is 0 Å². The average molecular weight is 375 g/mol. The summed E-state index contributed by atoms with van der Waals surface area (Å²) >= 11 is 8.07. The molecule has 94 valence electrons. The standard InChI is InChI=1S/C13H12ClIN2O/c1-8-5-10(17(2)16-8)7-13(18)11-6-9(14)3-4-12(11)15/h3-6H,7H2,1-2H3. The molecule has 0 unspecified atom stereocenters. The minimum absolute atomic E-state index is 0.0601. The van der Waals surface area contributed by atoms with Crippen LogP contribution in [0.1, 0.15) is 21.7 Å². The van der Waals surface area contributed by atoms with Crippen molar-refractivity contribution in [3.8, 4) is 0 Å². The molecule has 0 fully saturated rings. The highest BCUT2D eigenvalue weighted by Gasteiger charge is 2.14. The van der Waals surface area contributed by atoms with Gasteiger partial charge in [0.05, 0.1) is 12.1 Å². The molecule has 0 saturated carbocycles. The van der Waals surface area contributed by atoms with Gasteiger partial charge in [0.1, 0.15) is 0 Å². The van der Waals surface area contributed by atoms with Crippen molar-refractivity contribution in [1.82, 2.24) is 9.78 Å². The molecule has 0 aliphatic carbocycles. The third-order valence-electron chi connectivity index (χ3n) is 2.67. The van der Waals surface area contributed by atoms with Crippen molar-refractivity contribution in [2.75, 3.05) is 0 Å². The Morgan fingerprint density at radius 1 is 1.44 bits per heavy atom. The molecule has 0 saturated heterocycles. The predicted molar refractivity (Wildman–Crippen MR) is 80.1 cm³/mol. The number of rotatable bonds is 3. The highest BCUT2D eigenvalue weighted by Crippen LogP contribution is 2.20. The van der Waals surface area contributed by atoms with Crippen molar-refractivity contribution in [1.29, 1.82) is 0 Å². The van der Waals surface area contributed by atoms with E-state index in [2.05, 4.69) is 27.7 Å². The third kappa shape index (κ3) is 2.92. The quantitative estimate of drug-likeness (QED) is 0.609. The SMILES string of the molecule is Cc1cc(CC(=O)c2cc(Cl)ccc2I)n(C)n1. The zero-order valence-electron chi connectivity index (χ0n) is 10.1. The van der Waals surface area contributed by atoms with Crippen molar-refractivity contribution >= 4 is 40.0 Å². The molecule has 0 aliphatic heterocycles. The molecular weight excluding hydrogens is 363 g/mol. The molecule has 0 aliphatic rings. The van der Waals surface area contributed by atoms with Gasteiger partial charge in [-0.2, -0.15) is 5.10 Å². The molecule has 0 amide bonds. The summed E-state index contributed by atoms with van der Waals surface area (Å²) in [7, 11) is 1.85. The second-order valence-corrected chi connectivity index (χ2v) is 5.72. The van der Waals surface area contributed by atoms with E-state index in [-0.39, 0.29) is 5.78 Å². The van der Waals surface area contributed by atoms with Gasteiger partial charge in [-0.15, -0.1) is 0 Å². The van der Waals surface area contributed by atoms with Crippen LogP contribution in [0.25, 0.3) is 0 Å². The molecule has 0 bridgehead atoms. The zero-order valence-corrected chi connectivity index (χ0v) is 13.0. The smallest absolute Gasteiger partial charge is 0.169 e. The van der Waals surface area contributed by atoms with Crippen LogP contribution in [0, 0.1) is 10.5 Å². The Bertz CT molecular complexity index is 607. The molecule has 2 rings (SSSR count). The molecule has 1 aromatic carbocycles. The number of benzene rings is 1. The lowest BCUT2D eigenvalue weighted by atomic mass is 10.1. The normalized spacial score (nSPS) is 10.7. The van der Waals surface area contributed by atoms with E-state index < -0.39 is 0 Å². The number of ketones is 1. The second-order valence-electron chi connectivity index (χ2n) is 4.12. The highest BCUT2D eigenvalue weighted by atomic mass is 127. The summed E-state index contributed by atoms with van der Waals surface area (Å²) in [6.45, 7) is 1.91. The topological polar surface area (TPSA) is 34.9 Å². The van der Waals surface area contributed by atoms with Crippen LogP contribution in [0.4, 0.5) is 0 Å². The maximum atomic E-state index is 12.2. The Morgan fingerprint density at radius 2 is 2.17 bits per heavy atom. The monoisotopic (exact) mass is 374 g/mol. The number of Topliss-reactive ketones (excluding diaryl/α,β-unsaturated/α-hetero) is 1. The van der Waals surface area contributed by atoms with Gasteiger partial charge < -0.3 is 0 Å². The first-order valence-electron chi connectivity index (χ1n) is 5.45. The van der Waals surface area contributed by atoms with Gasteiger partial charge in [-0.05, 0) is 53.8 Å². The molecule has 0 atom stereocenters. The molecule has 0 N–H and O–H groups in total. The zero-order chi connectivity index (χ0) is 13.3.